The van der Waals surface area contributed by atoms with E-state index in [1.807, 2.05) is 50.2 Å². The van der Waals surface area contributed by atoms with E-state index in [0.717, 1.165) is 16.9 Å². The molecule has 1 aromatic heterocycles. The number of amides is 2. The van der Waals surface area contributed by atoms with Crippen molar-refractivity contribution in [1.29, 1.82) is 0 Å². The fourth-order valence-corrected chi connectivity index (χ4v) is 3.03. The predicted molar refractivity (Wildman–Crippen MR) is 85.6 cm³/mol. The summed E-state index contributed by atoms with van der Waals surface area (Å²) >= 11 is 0. The van der Waals surface area contributed by atoms with E-state index in [-0.39, 0.29) is 11.8 Å². The zero-order chi connectivity index (χ0) is 16.4. The first-order chi connectivity index (χ1) is 11.1. The highest BCUT2D eigenvalue weighted by Crippen LogP contribution is 2.30. The number of aryl methyl sites for hydroxylation is 1. The Hall–Kier alpha value is -2.56. The summed E-state index contributed by atoms with van der Waals surface area (Å²) in [5, 5.41) is 2.88. The van der Waals surface area contributed by atoms with E-state index in [1.54, 1.807) is 4.90 Å². The number of nitrogens with zero attached hydrogens (tertiary/aromatic N) is 1. The van der Waals surface area contributed by atoms with Crippen molar-refractivity contribution >= 4 is 11.8 Å². The fourth-order valence-electron chi connectivity index (χ4n) is 3.03. The normalized spacial score (nSPS) is 17.0. The van der Waals surface area contributed by atoms with Gasteiger partial charge in [-0.05, 0) is 37.1 Å². The first-order valence-electron chi connectivity index (χ1n) is 7.80. The molecule has 0 aliphatic carbocycles. The van der Waals surface area contributed by atoms with Crippen LogP contribution in [-0.4, -0.2) is 23.3 Å². The van der Waals surface area contributed by atoms with E-state index in [2.05, 4.69) is 5.32 Å². The van der Waals surface area contributed by atoms with Crippen LogP contribution in [0, 0.1) is 6.92 Å². The van der Waals surface area contributed by atoms with E-state index in [1.165, 1.54) is 0 Å². The van der Waals surface area contributed by atoms with Gasteiger partial charge in [0.1, 0.15) is 17.6 Å². The second kappa shape index (κ2) is 6.28. The summed E-state index contributed by atoms with van der Waals surface area (Å²) in [6.07, 6.45) is 0.352. The van der Waals surface area contributed by atoms with Crippen LogP contribution >= 0.6 is 0 Å². The maximum Gasteiger partial charge on any atom is 0.247 e. The second-order valence-corrected chi connectivity index (χ2v) is 5.69. The fraction of sp³-hybridized carbons (Fsp3) is 0.333. The van der Waals surface area contributed by atoms with Crippen LogP contribution in [0.25, 0.3) is 0 Å². The minimum absolute atomic E-state index is 0.0137. The molecule has 1 aliphatic heterocycles. The molecule has 0 radical (unpaired) electrons. The molecule has 3 rings (SSSR count). The third-order valence-electron chi connectivity index (χ3n) is 4.15. The molecule has 2 amide bonds. The van der Waals surface area contributed by atoms with Crippen LogP contribution in [0.4, 0.5) is 0 Å². The minimum Gasteiger partial charge on any atom is -0.465 e. The molecular formula is C18H20N2O3. The van der Waals surface area contributed by atoms with Crippen molar-refractivity contribution in [3.63, 3.8) is 0 Å². The summed E-state index contributed by atoms with van der Waals surface area (Å²) in [6.45, 7) is 4.57. The van der Waals surface area contributed by atoms with Crippen LogP contribution in [0.2, 0.25) is 0 Å². The first-order valence-corrected chi connectivity index (χ1v) is 7.80. The molecule has 0 unspecified atom stereocenters. The van der Waals surface area contributed by atoms with Crippen LogP contribution in [0.5, 0.6) is 0 Å². The van der Waals surface area contributed by atoms with Crippen LogP contribution in [0.3, 0.4) is 0 Å². The molecule has 1 aromatic carbocycles. The maximum absolute atomic E-state index is 12.7. The molecule has 5 heteroatoms. The highest BCUT2D eigenvalue weighted by Gasteiger charge is 2.35. The molecule has 2 heterocycles. The van der Waals surface area contributed by atoms with Gasteiger partial charge in [-0.2, -0.15) is 0 Å². The number of benzene rings is 1. The molecule has 23 heavy (non-hydrogen) atoms. The smallest absolute Gasteiger partial charge is 0.247 e. The minimum atomic E-state index is -0.575. The number of carbonyl (C=O) groups excluding carboxylic acids is 2. The van der Waals surface area contributed by atoms with Crippen molar-refractivity contribution in [3.8, 4) is 0 Å². The van der Waals surface area contributed by atoms with Gasteiger partial charge in [-0.3, -0.25) is 9.59 Å². The topological polar surface area (TPSA) is 62.6 Å². The van der Waals surface area contributed by atoms with Gasteiger partial charge in [0.05, 0.1) is 13.0 Å². The van der Waals surface area contributed by atoms with Crippen LogP contribution in [0.15, 0.2) is 40.8 Å². The summed E-state index contributed by atoms with van der Waals surface area (Å²) in [7, 11) is 0. The standard InChI is InChI=1S/C18H20N2O3/c1-3-20-16(21)10-13-6-4-5-7-15(13)17(20)18(22)19-11-14-9-8-12(2)23-14/h4-9,17H,3,10-11H2,1-2H3,(H,19,22)/t17-/m0/s1. The summed E-state index contributed by atoms with van der Waals surface area (Å²) in [6, 6.07) is 10.8. The molecule has 1 N–H and O–H groups in total. The van der Waals surface area contributed by atoms with Gasteiger partial charge in [0.2, 0.25) is 11.8 Å². The number of likely N-dealkylation sites (N-methyl/N-ethyl adjacent to an activating group) is 1. The summed E-state index contributed by atoms with van der Waals surface area (Å²) in [5.74, 6) is 1.32. The van der Waals surface area contributed by atoms with Gasteiger partial charge in [0.15, 0.2) is 0 Å². The average molecular weight is 312 g/mol. The molecule has 1 aliphatic rings. The Labute approximate surface area is 135 Å². The van der Waals surface area contributed by atoms with E-state index < -0.39 is 6.04 Å². The second-order valence-electron chi connectivity index (χ2n) is 5.69. The summed E-state index contributed by atoms with van der Waals surface area (Å²) < 4.78 is 5.47. The lowest BCUT2D eigenvalue weighted by Crippen LogP contribution is -2.47. The molecule has 0 saturated carbocycles. The Kier molecular flexibility index (Phi) is 4.19. The van der Waals surface area contributed by atoms with E-state index >= 15 is 0 Å². The highest BCUT2D eigenvalue weighted by molar-refractivity contribution is 5.92. The number of rotatable bonds is 4. The Morgan fingerprint density at radius 1 is 1.30 bits per heavy atom. The lowest BCUT2D eigenvalue weighted by molar-refractivity contribution is -0.141. The molecule has 2 aromatic rings. The van der Waals surface area contributed by atoms with Crippen molar-refractivity contribution < 1.29 is 14.0 Å². The molecular weight excluding hydrogens is 292 g/mol. The highest BCUT2D eigenvalue weighted by atomic mass is 16.3. The molecule has 0 spiro atoms. The number of furan rings is 1. The van der Waals surface area contributed by atoms with E-state index in [9.17, 15) is 9.59 Å². The number of carbonyl (C=O) groups is 2. The first kappa shape index (κ1) is 15.3. The van der Waals surface area contributed by atoms with Gasteiger partial charge in [0, 0.05) is 6.54 Å². The van der Waals surface area contributed by atoms with Gasteiger partial charge in [-0.25, -0.2) is 0 Å². The third kappa shape index (κ3) is 2.99. The predicted octanol–water partition coefficient (Wildman–Crippen LogP) is 2.35. The summed E-state index contributed by atoms with van der Waals surface area (Å²) in [5.41, 5.74) is 1.83. The van der Waals surface area contributed by atoms with Crippen molar-refractivity contribution in [2.24, 2.45) is 0 Å². The number of hydrogen-bond acceptors (Lipinski definition) is 3. The molecule has 0 bridgehead atoms. The van der Waals surface area contributed by atoms with E-state index in [4.69, 9.17) is 4.42 Å². The van der Waals surface area contributed by atoms with Crippen molar-refractivity contribution in [1.82, 2.24) is 10.2 Å². The summed E-state index contributed by atoms with van der Waals surface area (Å²) in [4.78, 5) is 26.6. The molecule has 120 valence electrons. The Morgan fingerprint density at radius 3 is 2.78 bits per heavy atom. The largest absolute Gasteiger partial charge is 0.465 e. The zero-order valence-electron chi connectivity index (χ0n) is 13.3. The molecule has 5 nitrogen and oxygen atoms in total. The SMILES string of the molecule is CCN1C(=O)Cc2ccccc2[C@H]1C(=O)NCc1ccc(C)o1. The third-order valence-corrected chi connectivity index (χ3v) is 4.15. The molecule has 1 atom stereocenters. The number of hydrogen-bond donors (Lipinski definition) is 1. The Balaban J connectivity index is 1.83. The van der Waals surface area contributed by atoms with Crippen LogP contribution < -0.4 is 5.32 Å². The number of fused-ring (bicyclic) bond motifs is 1. The Morgan fingerprint density at radius 2 is 2.09 bits per heavy atom. The van der Waals surface area contributed by atoms with Crippen molar-refractivity contribution in [2.45, 2.75) is 32.9 Å². The van der Waals surface area contributed by atoms with Gasteiger partial charge in [-0.1, -0.05) is 24.3 Å². The zero-order valence-corrected chi connectivity index (χ0v) is 13.3. The van der Waals surface area contributed by atoms with E-state index in [0.29, 0.717) is 25.3 Å². The molecule has 0 fully saturated rings. The quantitative estimate of drug-likeness (QED) is 0.942. The lowest BCUT2D eigenvalue weighted by Gasteiger charge is -2.35. The lowest BCUT2D eigenvalue weighted by atomic mass is 9.91. The van der Waals surface area contributed by atoms with Gasteiger partial charge in [-0.15, -0.1) is 0 Å². The average Bonchev–Trinajstić information content (AvgIpc) is 2.96. The van der Waals surface area contributed by atoms with Crippen LogP contribution in [0.1, 0.15) is 35.6 Å². The van der Waals surface area contributed by atoms with Gasteiger partial charge in [0.25, 0.3) is 0 Å². The monoisotopic (exact) mass is 312 g/mol. The maximum atomic E-state index is 12.7. The van der Waals surface area contributed by atoms with Crippen LogP contribution in [-0.2, 0) is 22.6 Å². The van der Waals surface area contributed by atoms with Gasteiger partial charge < -0.3 is 14.6 Å². The van der Waals surface area contributed by atoms with Crippen molar-refractivity contribution in [2.75, 3.05) is 6.54 Å². The number of nitrogens with one attached hydrogen (secondary N) is 1. The molecule has 0 saturated heterocycles. The van der Waals surface area contributed by atoms with Gasteiger partial charge >= 0.3 is 0 Å². The van der Waals surface area contributed by atoms with Crippen molar-refractivity contribution in [3.05, 3.63) is 59.0 Å². The Bertz CT molecular complexity index is 735.